The number of likely N-dealkylation sites (tertiary alicyclic amines) is 1. The molecule has 1 aromatic heterocycles. The molecular formula is C32H32BNO5S. The van der Waals surface area contributed by atoms with Crippen LogP contribution in [0, 0.1) is 17.8 Å². The number of fused-ring (bicyclic) bond motifs is 3. The van der Waals surface area contributed by atoms with Crippen molar-refractivity contribution >= 4 is 41.9 Å². The third-order valence-corrected chi connectivity index (χ3v) is 9.39. The van der Waals surface area contributed by atoms with Crippen molar-refractivity contribution in [3.8, 4) is 5.75 Å². The minimum atomic E-state index is -0.998. The Morgan fingerprint density at radius 2 is 1.82 bits per heavy atom. The molecular weight excluding hydrogens is 521 g/mol. The third kappa shape index (κ3) is 5.07. The van der Waals surface area contributed by atoms with Crippen LogP contribution < -0.4 is 0 Å². The molecule has 2 N–H and O–H groups in total. The van der Waals surface area contributed by atoms with Gasteiger partial charge in [0.2, 0.25) is 11.8 Å². The highest BCUT2D eigenvalue weighted by Gasteiger charge is 2.56. The first-order valence-corrected chi connectivity index (χ1v) is 14.7. The van der Waals surface area contributed by atoms with Gasteiger partial charge in [-0.1, -0.05) is 60.2 Å². The number of phenolic OH excluding ortho intramolecular Hbond substituents is 1. The van der Waals surface area contributed by atoms with E-state index in [2.05, 4.69) is 0 Å². The predicted octanol–water partition coefficient (Wildman–Crippen LogP) is 5.79. The molecule has 0 radical (unpaired) electrons. The molecule has 1 aliphatic carbocycles. The number of phenols is 1. The maximum absolute atomic E-state index is 13.7. The first-order chi connectivity index (χ1) is 19.4. The number of thiophene rings is 1. The number of rotatable bonds is 7. The number of nitrogens with zero attached hydrogens (tertiary/aromatic N) is 1. The van der Waals surface area contributed by atoms with Gasteiger partial charge in [0.1, 0.15) is 5.75 Å². The van der Waals surface area contributed by atoms with Gasteiger partial charge in [0, 0.05) is 10.4 Å². The fourth-order valence-electron chi connectivity index (χ4n) is 6.74. The van der Waals surface area contributed by atoms with Gasteiger partial charge in [0.05, 0.1) is 24.5 Å². The number of hydrogen-bond donors (Lipinski definition) is 2. The molecule has 2 aromatic carbocycles. The molecule has 6 rings (SSSR count). The SMILES string of the molecule is CC1=C2[C@@H](CC/C(=C/c3ccccc3O)c3ccccc3)OB(O)C[C@@H]2[C@@H]2C(=O)N(Cc3cccs3)C(=O)[C@@H]2C1. The Kier molecular flexibility index (Phi) is 7.49. The van der Waals surface area contributed by atoms with Gasteiger partial charge < -0.3 is 14.8 Å². The maximum atomic E-state index is 13.7. The molecule has 2 amide bonds. The highest BCUT2D eigenvalue weighted by atomic mass is 32.1. The Balaban J connectivity index is 1.27. The fourth-order valence-corrected chi connectivity index (χ4v) is 7.43. The molecule has 0 saturated carbocycles. The zero-order valence-electron chi connectivity index (χ0n) is 22.4. The topological polar surface area (TPSA) is 87.1 Å². The maximum Gasteiger partial charge on any atom is 0.455 e. The Morgan fingerprint density at radius 1 is 1.05 bits per heavy atom. The molecule has 40 heavy (non-hydrogen) atoms. The first-order valence-electron chi connectivity index (χ1n) is 13.9. The summed E-state index contributed by atoms with van der Waals surface area (Å²) in [7, 11) is -0.998. The van der Waals surface area contributed by atoms with Gasteiger partial charge in [0.15, 0.2) is 0 Å². The van der Waals surface area contributed by atoms with Crippen molar-refractivity contribution in [1.82, 2.24) is 4.90 Å². The number of aromatic hydroxyl groups is 1. The van der Waals surface area contributed by atoms with Crippen LogP contribution in [0.2, 0.25) is 6.32 Å². The van der Waals surface area contributed by atoms with Gasteiger partial charge in [-0.15, -0.1) is 11.3 Å². The van der Waals surface area contributed by atoms with Crippen LogP contribution in [-0.2, 0) is 20.8 Å². The van der Waals surface area contributed by atoms with Crippen molar-refractivity contribution in [1.29, 1.82) is 0 Å². The van der Waals surface area contributed by atoms with E-state index in [0.29, 0.717) is 32.1 Å². The second kappa shape index (κ2) is 11.2. The number of allylic oxidation sites excluding steroid dienone is 2. The standard InChI is InChI=1S/C32H32BNO5S/c1-20-16-25-30(32(37)34(31(25)36)19-24-11-7-15-40-24)26-18-33(38)39-28(29(20)26)14-13-22(21-8-3-2-4-9-21)17-23-10-5-6-12-27(23)35/h2-12,15,17,25-26,28,30,35,38H,13-14,16,18-19H2,1H3/b22-17-/t25-,26+,28-,30-/m1/s1. The summed E-state index contributed by atoms with van der Waals surface area (Å²) in [5.74, 6) is -1.08. The smallest absolute Gasteiger partial charge is 0.455 e. The first kappa shape index (κ1) is 26.8. The number of carbonyl (C=O) groups excluding carboxylic acids is 2. The number of amides is 2. The van der Waals surface area contributed by atoms with Crippen LogP contribution in [0.5, 0.6) is 5.75 Å². The van der Waals surface area contributed by atoms with Gasteiger partial charge in [-0.3, -0.25) is 14.5 Å². The summed E-state index contributed by atoms with van der Waals surface area (Å²) in [6, 6.07) is 21.2. The molecule has 6 nitrogen and oxygen atoms in total. The Bertz CT molecular complexity index is 1470. The second-order valence-electron chi connectivity index (χ2n) is 11.0. The average Bonchev–Trinajstić information content (AvgIpc) is 3.55. The minimum absolute atomic E-state index is 0.101. The number of para-hydroxylation sites is 1. The lowest BCUT2D eigenvalue weighted by atomic mass is 9.58. The van der Waals surface area contributed by atoms with E-state index in [1.165, 1.54) is 4.90 Å². The van der Waals surface area contributed by atoms with Crippen LogP contribution in [0.4, 0.5) is 0 Å². The lowest BCUT2D eigenvalue weighted by Crippen LogP contribution is -2.46. The zero-order valence-corrected chi connectivity index (χ0v) is 23.2. The van der Waals surface area contributed by atoms with Crippen LogP contribution in [0.25, 0.3) is 11.6 Å². The van der Waals surface area contributed by atoms with E-state index in [-0.39, 0.29) is 35.5 Å². The highest BCUT2D eigenvalue weighted by molar-refractivity contribution is 7.09. The molecule has 2 fully saturated rings. The van der Waals surface area contributed by atoms with E-state index in [4.69, 9.17) is 4.65 Å². The number of benzene rings is 2. The van der Waals surface area contributed by atoms with Crippen molar-refractivity contribution in [2.24, 2.45) is 17.8 Å². The molecule has 3 aromatic rings. The van der Waals surface area contributed by atoms with Crippen LogP contribution >= 0.6 is 11.3 Å². The number of imide groups is 1. The zero-order chi connectivity index (χ0) is 27.8. The van der Waals surface area contributed by atoms with E-state index in [0.717, 1.165) is 32.7 Å². The van der Waals surface area contributed by atoms with Crippen LogP contribution in [0.3, 0.4) is 0 Å². The molecule has 2 aliphatic heterocycles. The highest BCUT2D eigenvalue weighted by Crippen LogP contribution is 2.51. The molecule has 8 heteroatoms. The predicted molar refractivity (Wildman–Crippen MR) is 157 cm³/mol. The summed E-state index contributed by atoms with van der Waals surface area (Å²) in [6.07, 6.45) is 3.74. The fraction of sp³-hybridized carbons (Fsp3) is 0.312. The molecule has 2 saturated heterocycles. The quantitative estimate of drug-likeness (QED) is 0.167. The number of carbonyl (C=O) groups is 2. The largest absolute Gasteiger partial charge is 0.507 e. The van der Waals surface area contributed by atoms with Crippen LogP contribution in [0.1, 0.15) is 42.2 Å². The van der Waals surface area contributed by atoms with Crippen molar-refractivity contribution in [3.63, 3.8) is 0 Å². The van der Waals surface area contributed by atoms with Gasteiger partial charge in [-0.2, -0.15) is 0 Å². The van der Waals surface area contributed by atoms with E-state index in [1.54, 1.807) is 23.5 Å². The summed E-state index contributed by atoms with van der Waals surface area (Å²) in [5.41, 5.74) is 4.99. The second-order valence-corrected chi connectivity index (χ2v) is 12.0. The van der Waals surface area contributed by atoms with Gasteiger partial charge in [-0.25, -0.2) is 0 Å². The van der Waals surface area contributed by atoms with Crippen molar-refractivity contribution in [3.05, 3.63) is 99.3 Å². The van der Waals surface area contributed by atoms with Crippen molar-refractivity contribution in [2.45, 2.75) is 45.2 Å². The summed E-state index contributed by atoms with van der Waals surface area (Å²) in [6.45, 7) is 2.35. The molecule has 0 spiro atoms. The molecule has 4 atom stereocenters. The summed E-state index contributed by atoms with van der Waals surface area (Å²) in [5, 5.41) is 23.2. The Labute approximate surface area is 238 Å². The Morgan fingerprint density at radius 3 is 2.58 bits per heavy atom. The van der Waals surface area contributed by atoms with E-state index in [9.17, 15) is 19.7 Å². The van der Waals surface area contributed by atoms with Gasteiger partial charge in [0.25, 0.3) is 0 Å². The lowest BCUT2D eigenvalue weighted by molar-refractivity contribution is -0.140. The lowest BCUT2D eigenvalue weighted by Gasteiger charge is -2.42. The summed E-state index contributed by atoms with van der Waals surface area (Å²) in [4.78, 5) is 29.5. The van der Waals surface area contributed by atoms with Crippen molar-refractivity contribution in [2.75, 3.05) is 0 Å². The summed E-state index contributed by atoms with van der Waals surface area (Å²) < 4.78 is 6.12. The van der Waals surface area contributed by atoms with Gasteiger partial charge in [-0.05, 0) is 78.7 Å². The minimum Gasteiger partial charge on any atom is -0.507 e. The molecule has 204 valence electrons. The molecule has 3 heterocycles. The number of hydrogen-bond acceptors (Lipinski definition) is 6. The molecule has 0 unspecified atom stereocenters. The third-order valence-electron chi connectivity index (χ3n) is 8.52. The van der Waals surface area contributed by atoms with E-state index >= 15 is 0 Å². The van der Waals surface area contributed by atoms with Crippen molar-refractivity contribution < 1.29 is 24.4 Å². The van der Waals surface area contributed by atoms with Crippen LogP contribution in [-0.4, -0.2) is 40.1 Å². The van der Waals surface area contributed by atoms with Gasteiger partial charge >= 0.3 is 7.12 Å². The molecule has 3 aliphatic rings. The normalized spacial score (nSPS) is 24.9. The Hall–Kier alpha value is -3.46. The average molecular weight is 553 g/mol. The monoisotopic (exact) mass is 553 g/mol. The summed E-state index contributed by atoms with van der Waals surface area (Å²) >= 11 is 1.54. The molecule has 0 bridgehead atoms. The van der Waals surface area contributed by atoms with E-state index < -0.39 is 13.0 Å². The van der Waals surface area contributed by atoms with E-state index in [1.807, 2.05) is 73.0 Å². The van der Waals surface area contributed by atoms with Crippen LogP contribution in [0.15, 0.2) is 83.3 Å².